The van der Waals surface area contributed by atoms with Crippen molar-refractivity contribution in [2.24, 2.45) is 0 Å². The molecule has 1 N–H and O–H groups in total. The van der Waals surface area contributed by atoms with Crippen molar-refractivity contribution in [2.75, 3.05) is 0 Å². The third-order valence-corrected chi connectivity index (χ3v) is 2.37. The summed E-state index contributed by atoms with van der Waals surface area (Å²) in [5.41, 5.74) is 1.04. The van der Waals surface area contributed by atoms with Gasteiger partial charge in [-0.25, -0.2) is 0 Å². The first kappa shape index (κ1) is 8.11. The maximum absolute atomic E-state index is 9.61. The Morgan fingerprint density at radius 3 is 2.62 bits per heavy atom. The number of hydrogen-bond donors (Lipinski definition) is 1. The summed E-state index contributed by atoms with van der Waals surface area (Å²) in [6.45, 7) is 2.06. The smallest absolute Gasteiger partial charge is 0.119 e. The van der Waals surface area contributed by atoms with E-state index in [0.29, 0.717) is 5.75 Å². The Kier molecular flexibility index (Phi) is 1.93. The van der Waals surface area contributed by atoms with Crippen LogP contribution >= 0.6 is 0 Å². The molecule has 1 nitrogen and oxygen atoms in total. The average molecular weight is 172 g/mol. The van der Waals surface area contributed by atoms with Crippen LogP contribution < -0.4 is 0 Å². The van der Waals surface area contributed by atoms with E-state index in [0.717, 1.165) is 17.4 Å². The van der Waals surface area contributed by atoms with Gasteiger partial charge in [-0.1, -0.05) is 37.3 Å². The van der Waals surface area contributed by atoms with Gasteiger partial charge >= 0.3 is 0 Å². The summed E-state index contributed by atoms with van der Waals surface area (Å²) >= 11 is 0. The van der Waals surface area contributed by atoms with Crippen LogP contribution in [0.15, 0.2) is 36.4 Å². The first-order valence-electron chi connectivity index (χ1n) is 4.52. The summed E-state index contributed by atoms with van der Waals surface area (Å²) in [6, 6.07) is 11.8. The highest BCUT2D eigenvalue weighted by molar-refractivity contribution is 5.87. The average Bonchev–Trinajstić information content (AvgIpc) is 2.18. The molecule has 0 spiro atoms. The molecule has 0 aliphatic rings. The van der Waals surface area contributed by atoms with E-state index in [9.17, 15) is 5.11 Å². The molecule has 0 aliphatic heterocycles. The number of phenolic OH excluding ortho intramolecular Hbond substituents is 1. The van der Waals surface area contributed by atoms with Crippen molar-refractivity contribution < 1.29 is 5.11 Å². The van der Waals surface area contributed by atoms with Crippen LogP contribution in [0.3, 0.4) is 0 Å². The third-order valence-electron chi connectivity index (χ3n) is 2.37. The molecule has 2 aromatic rings. The summed E-state index contributed by atoms with van der Waals surface area (Å²) in [5, 5.41) is 12.0. The van der Waals surface area contributed by atoms with Gasteiger partial charge in [0.2, 0.25) is 0 Å². The largest absolute Gasteiger partial charge is 0.508 e. The van der Waals surface area contributed by atoms with Crippen molar-refractivity contribution in [3.8, 4) is 5.75 Å². The van der Waals surface area contributed by atoms with E-state index in [4.69, 9.17) is 0 Å². The predicted octanol–water partition coefficient (Wildman–Crippen LogP) is 3.11. The topological polar surface area (TPSA) is 20.2 Å². The molecular weight excluding hydrogens is 160 g/mol. The Bertz CT molecular complexity index is 432. The van der Waals surface area contributed by atoms with Crippen LogP contribution in [-0.2, 0) is 6.42 Å². The lowest BCUT2D eigenvalue weighted by Gasteiger charge is -2.05. The first-order chi connectivity index (χ1) is 6.33. The van der Waals surface area contributed by atoms with Gasteiger partial charge in [0.15, 0.2) is 0 Å². The molecule has 0 heterocycles. The second kappa shape index (κ2) is 3.09. The monoisotopic (exact) mass is 172 g/mol. The fourth-order valence-electron chi connectivity index (χ4n) is 1.70. The normalized spacial score (nSPS) is 10.5. The van der Waals surface area contributed by atoms with Gasteiger partial charge in [-0.05, 0) is 23.3 Å². The molecule has 0 aromatic heterocycles. The molecule has 0 unspecified atom stereocenters. The molecule has 13 heavy (non-hydrogen) atoms. The molecule has 2 rings (SSSR count). The standard InChI is InChI=1S/C12H12O/c1-2-10-11-6-4-3-5-9(11)7-8-12(10)13/h3-8,13H,2H2,1H3. The minimum atomic E-state index is 0.404. The molecule has 1 heteroatoms. The third kappa shape index (κ3) is 1.26. The number of aromatic hydroxyl groups is 1. The molecule has 0 radical (unpaired) electrons. The van der Waals surface area contributed by atoms with Crippen molar-refractivity contribution in [3.05, 3.63) is 42.0 Å². The van der Waals surface area contributed by atoms with Crippen molar-refractivity contribution in [3.63, 3.8) is 0 Å². The van der Waals surface area contributed by atoms with Crippen LogP contribution in [0.1, 0.15) is 12.5 Å². The number of phenols is 1. The Morgan fingerprint density at radius 2 is 1.85 bits per heavy atom. The van der Waals surface area contributed by atoms with E-state index >= 15 is 0 Å². The highest BCUT2D eigenvalue weighted by atomic mass is 16.3. The number of benzene rings is 2. The van der Waals surface area contributed by atoms with E-state index in [1.807, 2.05) is 24.3 Å². The van der Waals surface area contributed by atoms with Crippen LogP contribution in [0.25, 0.3) is 10.8 Å². The van der Waals surface area contributed by atoms with Crippen LogP contribution in [0.4, 0.5) is 0 Å². The van der Waals surface area contributed by atoms with E-state index in [-0.39, 0.29) is 0 Å². The minimum Gasteiger partial charge on any atom is -0.508 e. The molecule has 66 valence electrons. The second-order valence-corrected chi connectivity index (χ2v) is 3.14. The van der Waals surface area contributed by atoms with Gasteiger partial charge in [0.25, 0.3) is 0 Å². The molecule has 0 aliphatic carbocycles. The van der Waals surface area contributed by atoms with Crippen molar-refractivity contribution in [1.82, 2.24) is 0 Å². The lowest BCUT2D eigenvalue weighted by atomic mass is 10.0. The molecule has 0 saturated heterocycles. The maximum Gasteiger partial charge on any atom is 0.119 e. The van der Waals surface area contributed by atoms with Gasteiger partial charge < -0.3 is 5.11 Å². The van der Waals surface area contributed by atoms with Gasteiger partial charge in [-0.3, -0.25) is 0 Å². The molecule has 0 fully saturated rings. The number of hydrogen-bond acceptors (Lipinski definition) is 1. The predicted molar refractivity (Wildman–Crippen MR) is 55.0 cm³/mol. The van der Waals surface area contributed by atoms with Gasteiger partial charge in [0.05, 0.1) is 0 Å². The summed E-state index contributed by atoms with van der Waals surface area (Å²) in [5.74, 6) is 0.404. The maximum atomic E-state index is 9.61. The first-order valence-corrected chi connectivity index (χ1v) is 4.52. The molecule has 0 atom stereocenters. The Balaban J connectivity index is 2.84. The van der Waals surface area contributed by atoms with Crippen molar-refractivity contribution in [2.45, 2.75) is 13.3 Å². The van der Waals surface area contributed by atoms with Gasteiger partial charge in [-0.2, -0.15) is 0 Å². The highest BCUT2D eigenvalue weighted by Crippen LogP contribution is 2.26. The summed E-state index contributed by atoms with van der Waals surface area (Å²) < 4.78 is 0. The number of rotatable bonds is 1. The van der Waals surface area contributed by atoms with Crippen LogP contribution in [0.2, 0.25) is 0 Å². The van der Waals surface area contributed by atoms with Gasteiger partial charge in [0.1, 0.15) is 5.75 Å². The summed E-state index contributed by atoms with van der Waals surface area (Å²) in [6.07, 6.45) is 0.868. The molecular formula is C12H12O. The SMILES string of the molecule is CCc1c(O)ccc2ccccc12. The lowest BCUT2D eigenvalue weighted by Crippen LogP contribution is -1.84. The van der Waals surface area contributed by atoms with Crippen molar-refractivity contribution >= 4 is 10.8 Å². The molecule has 0 amide bonds. The van der Waals surface area contributed by atoms with Gasteiger partial charge in [-0.15, -0.1) is 0 Å². The summed E-state index contributed by atoms with van der Waals surface area (Å²) in [4.78, 5) is 0. The van der Waals surface area contributed by atoms with Crippen LogP contribution in [-0.4, -0.2) is 5.11 Å². The molecule has 0 saturated carbocycles. The zero-order valence-corrected chi connectivity index (χ0v) is 7.62. The minimum absolute atomic E-state index is 0.404. The van der Waals surface area contributed by atoms with Gasteiger partial charge in [0, 0.05) is 5.56 Å². The van der Waals surface area contributed by atoms with Crippen molar-refractivity contribution in [1.29, 1.82) is 0 Å². The van der Waals surface area contributed by atoms with E-state index in [1.54, 1.807) is 6.07 Å². The van der Waals surface area contributed by atoms with Crippen LogP contribution in [0.5, 0.6) is 5.75 Å². The quantitative estimate of drug-likeness (QED) is 0.700. The van der Waals surface area contributed by atoms with E-state index in [1.165, 1.54) is 5.39 Å². The Morgan fingerprint density at radius 1 is 1.08 bits per heavy atom. The highest BCUT2D eigenvalue weighted by Gasteiger charge is 2.02. The fraction of sp³-hybridized carbons (Fsp3) is 0.167. The molecule has 2 aromatic carbocycles. The molecule has 0 bridgehead atoms. The van der Waals surface area contributed by atoms with Crippen LogP contribution in [0, 0.1) is 0 Å². The second-order valence-electron chi connectivity index (χ2n) is 3.14. The lowest BCUT2D eigenvalue weighted by molar-refractivity contribution is 0.470. The van der Waals surface area contributed by atoms with E-state index in [2.05, 4.69) is 13.0 Å². The number of fused-ring (bicyclic) bond motifs is 1. The Hall–Kier alpha value is -1.50. The Labute approximate surface area is 77.6 Å². The zero-order chi connectivity index (χ0) is 9.26. The van der Waals surface area contributed by atoms with E-state index < -0.39 is 0 Å². The number of aryl methyl sites for hydroxylation is 1. The zero-order valence-electron chi connectivity index (χ0n) is 7.62. The summed E-state index contributed by atoms with van der Waals surface area (Å²) in [7, 11) is 0. The fourth-order valence-corrected chi connectivity index (χ4v) is 1.70.